The molecular formula is C55H37NO2. The zero-order chi connectivity index (χ0) is 38.5. The molecule has 274 valence electrons. The quantitative estimate of drug-likeness (QED) is 0.176. The third kappa shape index (κ3) is 4.86. The predicted octanol–water partition coefficient (Wildman–Crippen LogP) is 15.7. The van der Waals surface area contributed by atoms with Crippen LogP contribution in [0.3, 0.4) is 0 Å². The number of hydrogen-bond donors (Lipinski definition) is 0. The molecule has 0 unspecified atom stereocenters. The molecule has 12 rings (SSSR count). The van der Waals surface area contributed by atoms with Crippen molar-refractivity contribution in [2.75, 3.05) is 4.90 Å². The number of hydrogen-bond acceptors (Lipinski definition) is 3. The van der Waals surface area contributed by atoms with E-state index >= 15 is 0 Å². The monoisotopic (exact) mass is 743 g/mol. The molecule has 0 amide bonds. The van der Waals surface area contributed by atoms with Gasteiger partial charge in [0.1, 0.15) is 22.3 Å². The zero-order valence-corrected chi connectivity index (χ0v) is 32.2. The highest BCUT2D eigenvalue weighted by atomic mass is 16.3. The Morgan fingerprint density at radius 1 is 0.379 bits per heavy atom. The minimum absolute atomic E-state index is 0.153. The number of rotatable bonds is 5. The first-order valence-corrected chi connectivity index (χ1v) is 20.0. The predicted molar refractivity (Wildman–Crippen MR) is 242 cm³/mol. The van der Waals surface area contributed by atoms with Crippen LogP contribution in [0.5, 0.6) is 0 Å². The van der Waals surface area contributed by atoms with Gasteiger partial charge in [-0.2, -0.15) is 0 Å². The Balaban J connectivity index is 1.16. The van der Waals surface area contributed by atoms with Gasteiger partial charge in [0.2, 0.25) is 0 Å². The van der Waals surface area contributed by atoms with Crippen molar-refractivity contribution in [1.29, 1.82) is 0 Å². The summed E-state index contributed by atoms with van der Waals surface area (Å²) in [5, 5.41) is 6.66. The Bertz CT molecular complexity index is 3420. The Labute approximate surface area is 336 Å². The van der Waals surface area contributed by atoms with Crippen molar-refractivity contribution in [2.45, 2.75) is 19.3 Å². The molecule has 0 saturated carbocycles. The maximum absolute atomic E-state index is 6.95. The van der Waals surface area contributed by atoms with Gasteiger partial charge >= 0.3 is 0 Å². The maximum Gasteiger partial charge on any atom is 0.143 e. The van der Waals surface area contributed by atoms with E-state index in [9.17, 15) is 0 Å². The maximum atomic E-state index is 6.95. The summed E-state index contributed by atoms with van der Waals surface area (Å²) in [7, 11) is 0. The molecular weight excluding hydrogens is 707 g/mol. The summed E-state index contributed by atoms with van der Waals surface area (Å²) < 4.78 is 13.4. The third-order valence-corrected chi connectivity index (χ3v) is 12.4. The molecule has 11 aromatic rings. The number of fused-ring (bicyclic) bond motifs is 11. The highest BCUT2D eigenvalue weighted by molar-refractivity contribution is 6.27. The molecule has 0 saturated heterocycles. The number of benzene rings is 9. The highest BCUT2D eigenvalue weighted by Crippen LogP contribution is 2.52. The first-order chi connectivity index (χ1) is 28.5. The second-order valence-corrected chi connectivity index (χ2v) is 16.1. The van der Waals surface area contributed by atoms with Gasteiger partial charge in [-0.05, 0) is 110 Å². The van der Waals surface area contributed by atoms with Crippen LogP contribution in [0.25, 0.3) is 88.0 Å². The molecule has 2 aromatic heterocycles. The molecule has 0 radical (unpaired) electrons. The molecule has 0 fully saturated rings. The third-order valence-electron chi connectivity index (χ3n) is 12.4. The van der Waals surface area contributed by atoms with E-state index in [-0.39, 0.29) is 5.41 Å². The van der Waals surface area contributed by atoms with Crippen LogP contribution < -0.4 is 4.90 Å². The topological polar surface area (TPSA) is 29.5 Å². The van der Waals surface area contributed by atoms with Crippen LogP contribution >= 0.6 is 0 Å². The minimum Gasteiger partial charge on any atom is -0.456 e. The molecule has 0 aliphatic heterocycles. The van der Waals surface area contributed by atoms with Crippen LogP contribution in [-0.2, 0) is 5.41 Å². The fourth-order valence-electron chi connectivity index (χ4n) is 9.58. The Kier molecular flexibility index (Phi) is 6.98. The van der Waals surface area contributed by atoms with Crippen LogP contribution in [0.4, 0.5) is 17.1 Å². The molecule has 2 heterocycles. The van der Waals surface area contributed by atoms with Gasteiger partial charge in [0.05, 0.1) is 0 Å². The number of furan rings is 2. The van der Waals surface area contributed by atoms with Crippen LogP contribution in [-0.4, -0.2) is 0 Å². The van der Waals surface area contributed by atoms with Crippen LogP contribution in [0.1, 0.15) is 25.0 Å². The van der Waals surface area contributed by atoms with Gasteiger partial charge in [-0.25, -0.2) is 0 Å². The lowest BCUT2D eigenvalue weighted by Gasteiger charge is -2.29. The smallest absolute Gasteiger partial charge is 0.143 e. The molecule has 3 heteroatoms. The van der Waals surface area contributed by atoms with Gasteiger partial charge in [0.25, 0.3) is 0 Å². The lowest BCUT2D eigenvalue weighted by atomic mass is 9.82. The fourth-order valence-corrected chi connectivity index (χ4v) is 9.58. The summed E-state index contributed by atoms with van der Waals surface area (Å²) in [4.78, 5) is 2.42. The molecule has 0 spiro atoms. The normalized spacial score (nSPS) is 13.1. The number of anilines is 3. The van der Waals surface area contributed by atoms with Crippen molar-refractivity contribution in [3.8, 4) is 33.4 Å². The second-order valence-electron chi connectivity index (χ2n) is 16.1. The summed E-state index contributed by atoms with van der Waals surface area (Å²) in [6.07, 6.45) is 0. The highest BCUT2D eigenvalue weighted by Gasteiger charge is 2.36. The molecule has 1 aliphatic carbocycles. The minimum atomic E-state index is -0.153. The van der Waals surface area contributed by atoms with E-state index in [0.717, 1.165) is 72.1 Å². The van der Waals surface area contributed by atoms with Gasteiger partial charge < -0.3 is 13.7 Å². The van der Waals surface area contributed by atoms with Gasteiger partial charge in [0, 0.05) is 49.6 Å². The largest absolute Gasteiger partial charge is 0.456 e. The van der Waals surface area contributed by atoms with Crippen LogP contribution in [0.15, 0.2) is 197 Å². The van der Waals surface area contributed by atoms with E-state index in [1.54, 1.807) is 0 Å². The number of para-hydroxylation sites is 1. The fraction of sp³-hybridized carbons (Fsp3) is 0.0545. The standard InChI is InChI=1S/C55H37NO2/c1-55(2)47-18-10-8-16-42(47)43-27-26-40(33-48(43)55)56(39-24-22-36(23-25-39)34-12-4-3-5-13-34)41-31-45(38-21-20-35-14-6-7-15-37(35)30-38)54-46(32-41)53-51(58-54)29-28-50-52(53)44-17-9-11-19-49(44)57-50/h3-33H,1-2H3. The molecule has 0 N–H and O–H groups in total. The first kappa shape index (κ1) is 32.8. The Morgan fingerprint density at radius 3 is 1.90 bits per heavy atom. The molecule has 58 heavy (non-hydrogen) atoms. The molecule has 9 aromatic carbocycles. The average Bonchev–Trinajstić information content (AvgIpc) is 3.91. The summed E-state index contributed by atoms with van der Waals surface area (Å²) in [5.74, 6) is 0. The van der Waals surface area contributed by atoms with Crippen molar-refractivity contribution in [3.05, 3.63) is 199 Å². The first-order valence-electron chi connectivity index (χ1n) is 20.0. The zero-order valence-electron chi connectivity index (χ0n) is 32.2. The van der Waals surface area contributed by atoms with Crippen molar-refractivity contribution < 1.29 is 8.83 Å². The molecule has 0 bridgehead atoms. The lowest BCUT2D eigenvalue weighted by molar-refractivity contribution is 0.660. The Hall–Kier alpha value is -7.36. The summed E-state index contributed by atoms with van der Waals surface area (Å²) in [6.45, 7) is 4.70. The molecule has 1 aliphatic rings. The summed E-state index contributed by atoms with van der Waals surface area (Å²) in [5.41, 5.74) is 16.3. The van der Waals surface area contributed by atoms with Crippen LogP contribution in [0.2, 0.25) is 0 Å². The van der Waals surface area contributed by atoms with Gasteiger partial charge in [-0.3, -0.25) is 0 Å². The Morgan fingerprint density at radius 2 is 1.03 bits per heavy atom. The summed E-state index contributed by atoms with van der Waals surface area (Å²) >= 11 is 0. The van der Waals surface area contributed by atoms with E-state index in [4.69, 9.17) is 8.83 Å². The van der Waals surface area contributed by atoms with E-state index in [2.05, 4.69) is 189 Å². The van der Waals surface area contributed by atoms with Gasteiger partial charge in [0.15, 0.2) is 0 Å². The van der Waals surface area contributed by atoms with Crippen molar-refractivity contribution in [1.82, 2.24) is 0 Å². The number of nitrogens with zero attached hydrogens (tertiary/aromatic N) is 1. The van der Waals surface area contributed by atoms with Gasteiger partial charge in [-0.1, -0.05) is 141 Å². The van der Waals surface area contributed by atoms with Crippen molar-refractivity contribution >= 4 is 71.7 Å². The van der Waals surface area contributed by atoms with E-state index < -0.39 is 0 Å². The van der Waals surface area contributed by atoms with E-state index in [1.165, 1.54) is 44.2 Å². The van der Waals surface area contributed by atoms with Crippen molar-refractivity contribution in [2.24, 2.45) is 0 Å². The summed E-state index contributed by atoms with van der Waals surface area (Å²) in [6, 6.07) is 67.8. The average molecular weight is 744 g/mol. The second kappa shape index (κ2) is 12.3. The SMILES string of the molecule is CC1(C)c2ccccc2-c2ccc(N(c3ccc(-c4ccccc4)cc3)c3cc(-c4ccc5ccccc5c4)c4oc5ccc6oc7ccccc7c6c5c4c3)cc21. The van der Waals surface area contributed by atoms with E-state index in [0.29, 0.717) is 0 Å². The van der Waals surface area contributed by atoms with Gasteiger partial charge in [-0.15, -0.1) is 0 Å². The van der Waals surface area contributed by atoms with E-state index in [1.807, 2.05) is 18.2 Å². The van der Waals surface area contributed by atoms with Crippen LogP contribution in [0, 0.1) is 0 Å². The van der Waals surface area contributed by atoms with Crippen molar-refractivity contribution in [3.63, 3.8) is 0 Å². The lowest BCUT2D eigenvalue weighted by Crippen LogP contribution is -2.16. The molecule has 3 nitrogen and oxygen atoms in total. The molecule has 0 atom stereocenters.